The lowest BCUT2D eigenvalue weighted by Crippen LogP contribution is -2.53. The van der Waals surface area contributed by atoms with Gasteiger partial charge in [0, 0.05) is 51.1 Å². The molecule has 8 heteroatoms. The molecule has 1 aromatic rings. The van der Waals surface area contributed by atoms with Crippen molar-refractivity contribution in [3.63, 3.8) is 0 Å². The number of methoxy groups -OCH3 is 2. The molecular formula is C20H35IN4O2S. The second-order valence-electron chi connectivity index (χ2n) is 7.32. The van der Waals surface area contributed by atoms with Crippen molar-refractivity contribution in [2.45, 2.75) is 25.1 Å². The first-order valence-electron chi connectivity index (χ1n) is 9.36. The molecule has 0 bridgehead atoms. The minimum Gasteiger partial charge on any atom is -0.493 e. The molecule has 6 nitrogen and oxygen atoms in total. The maximum absolute atomic E-state index is 5.42. The van der Waals surface area contributed by atoms with Crippen molar-refractivity contribution in [3.05, 3.63) is 23.8 Å². The molecule has 0 aliphatic carbocycles. The second-order valence-corrected chi connectivity index (χ2v) is 8.83. The third kappa shape index (κ3) is 7.18. The molecule has 1 saturated heterocycles. The number of aliphatic imine (C=N–C) groups is 1. The number of thioether (sulfide) groups is 1. The fraction of sp³-hybridized carbons (Fsp3) is 0.650. The van der Waals surface area contributed by atoms with E-state index >= 15 is 0 Å². The fourth-order valence-corrected chi connectivity index (χ4v) is 3.27. The SMILES string of the molecule is CN=C(NCC(C)(C)SC)N1CCN(Cc2ccc(OC)c(OC)c2)CC1.I. The van der Waals surface area contributed by atoms with E-state index in [1.165, 1.54) is 5.56 Å². The number of benzene rings is 1. The highest BCUT2D eigenvalue weighted by molar-refractivity contribution is 14.0. The Morgan fingerprint density at radius 1 is 1.14 bits per heavy atom. The molecule has 0 amide bonds. The molecule has 1 aromatic carbocycles. The summed E-state index contributed by atoms with van der Waals surface area (Å²) in [6.45, 7) is 10.3. The molecule has 160 valence electrons. The Kier molecular flexibility index (Phi) is 10.8. The predicted octanol–water partition coefficient (Wildman–Crippen LogP) is 3.16. The Morgan fingerprint density at radius 2 is 1.79 bits per heavy atom. The molecule has 1 fully saturated rings. The van der Waals surface area contributed by atoms with Crippen LogP contribution in [0.1, 0.15) is 19.4 Å². The second kappa shape index (κ2) is 12.0. The van der Waals surface area contributed by atoms with Crippen molar-refractivity contribution >= 4 is 41.7 Å². The summed E-state index contributed by atoms with van der Waals surface area (Å²) in [6, 6.07) is 6.15. The molecule has 0 atom stereocenters. The van der Waals surface area contributed by atoms with Crippen molar-refractivity contribution in [2.24, 2.45) is 4.99 Å². The van der Waals surface area contributed by atoms with Crippen LogP contribution in [0.3, 0.4) is 0 Å². The van der Waals surface area contributed by atoms with Gasteiger partial charge in [-0.25, -0.2) is 0 Å². The molecule has 28 heavy (non-hydrogen) atoms. The van der Waals surface area contributed by atoms with Crippen molar-refractivity contribution in [2.75, 3.05) is 60.2 Å². The lowest BCUT2D eigenvalue weighted by Gasteiger charge is -2.37. The van der Waals surface area contributed by atoms with E-state index in [1.54, 1.807) is 14.2 Å². The lowest BCUT2D eigenvalue weighted by molar-refractivity contribution is 0.172. The summed E-state index contributed by atoms with van der Waals surface area (Å²) in [5, 5.41) is 3.53. The average Bonchev–Trinajstić information content (AvgIpc) is 2.69. The van der Waals surface area contributed by atoms with Gasteiger partial charge >= 0.3 is 0 Å². The maximum Gasteiger partial charge on any atom is 0.193 e. The predicted molar refractivity (Wildman–Crippen MR) is 131 cm³/mol. The van der Waals surface area contributed by atoms with Gasteiger partial charge in [-0.15, -0.1) is 24.0 Å². The van der Waals surface area contributed by atoms with Crippen LogP contribution in [0.15, 0.2) is 23.2 Å². The van der Waals surface area contributed by atoms with Crippen molar-refractivity contribution < 1.29 is 9.47 Å². The number of piperazine rings is 1. The molecule has 0 aromatic heterocycles. The van der Waals surface area contributed by atoms with Crippen LogP contribution in [-0.4, -0.2) is 80.8 Å². The van der Waals surface area contributed by atoms with E-state index in [0.29, 0.717) is 0 Å². The van der Waals surface area contributed by atoms with Crippen molar-refractivity contribution in [3.8, 4) is 11.5 Å². The summed E-state index contributed by atoms with van der Waals surface area (Å²) in [5.74, 6) is 2.56. The summed E-state index contributed by atoms with van der Waals surface area (Å²) in [6.07, 6.45) is 2.15. The van der Waals surface area contributed by atoms with Crippen LogP contribution in [0.25, 0.3) is 0 Å². The van der Waals surface area contributed by atoms with E-state index in [0.717, 1.165) is 56.7 Å². The van der Waals surface area contributed by atoms with Gasteiger partial charge in [-0.2, -0.15) is 11.8 Å². The van der Waals surface area contributed by atoms with E-state index in [-0.39, 0.29) is 28.7 Å². The summed E-state index contributed by atoms with van der Waals surface area (Å²) < 4.78 is 10.9. The zero-order chi connectivity index (χ0) is 19.9. The van der Waals surface area contributed by atoms with E-state index in [4.69, 9.17) is 9.47 Å². The topological polar surface area (TPSA) is 49.3 Å². The molecule has 0 saturated carbocycles. The Bertz CT molecular complexity index is 635. The van der Waals surface area contributed by atoms with Gasteiger partial charge in [-0.1, -0.05) is 6.07 Å². The number of hydrogen-bond donors (Lipinski definition) is 1. The van der Waals surface area contributed by atoms with Crippen molar-refractivity contribution in [1.29, 1.82) is 0 Å². The standard InChI is InChI=1S/C20H34N4O2S.HI/c1-20(2,27-6)15-22-19(21-3)24-11-9-23(10-12-24)14-16-7-8-17(25-4)18(13-16)26-5;/h7-8,13H,9-12,14-15H2,1-6H3,(H,21,22);1H. The first-order valence-corrected chi connectivity index (χ1v) is 10.6. The molecule has 0 spiro atoms. The van der Waals surface area contributed by atoms with E-state index in [1.807, 2.05) is 24.9 Å². The van der Waals surface area contributed by atoms with E-state index < -0.39 is 0 Å². The number of guanidine groups is 1. The largest absolute Gasteiger partial charge is 0.493 e. The normalized spacial score (nSPS) is 15.8. The van der Waals surface area contributed by atoms with Crippen LogP contribution in [-0.2, 0) is 6.54 Å². The maximum atomic E-state index is 5.42. The zero-order valence-corrected chi connectivity index (χ0v) is 21.1. The number of rotatable bonds is 7. The molecule has 1 heterocycles. The van der Waals surface area contributed by atoms with Crippen molar-refractivity contribution in [1.82, 2.24) is 15.1 Å². The molecule has 0 radical (unpaired) electrons. The van der Waals surface area contributed by atoms with Crippen LogP contribution < -0.4 is 14.8 Å². The van der Waals surface area contributed by atoms with Crippen LogP contribution in [0, 0.1) is 0 Å². The Balaban J connectivity index is 0.00000392. The molecular weight excluding hydrogens is 487 g/mol. The first-order chi connectivity index (χ1) is 12.9. The summed E-state index contributed by atoms with van der Waals surface area (Å²) in [4.78, 5) is 9.29. The molecule has 1 aliphatic heterocycles. The van der Waals surface area contributed by atoms with Gasteiger partial charge in [0.25, 0.3) is 0 Å². The van der Waals surface area contributed by atoms with Gasteiger partial charge < -0.3 is 19.7 Å². The Morgan fingerprint density at radius 3 is 2.32 bits per heavy atom. The highest BCUT2D eigenvalue weighted by atomic mass is 127. The molecule has 1 N–H and O–H groups in total. The third-order valence-electron chi connectivity index (χ3n) is 4.96. The van der Waals surface area contributed by atoms with Crippen LogP contribution >= 0.6 is 35.7 Å². The summed E-state index contributed by atoms with van der Waals surface area (Å²) >= 11 is 1.87. The Hall–Kier alpha value is -0.870. The monoisotopic (exact) mass is 522 g/mol. The number of nitrogens with one attached hydrogen (secondary N) is 1. The number of halogens is 1. The minimum absolute atomic E-state index is 0. The van der Waals surface area contributed by atoms with Crippen LogP contribution in [0.5, 0.6) is 11.5 Å². The van der Waals surface area contributed by atoms with E-state index in [9.17, 15) is 0 Å². The quantitative estimate of drug-likeness (QED) is 0.338. The van der Waals surface area contributed by atoms with Gasteiger partial charge in [0.05, 0.1) is 14.2 Å². The summed E-state index contributed by atoms with van der Waals surface area (Å²) in [5.41, 5.74) is 1.24. The number of ether oxygens (including phenoxy) is 2. The highest BCUT2D eigenvalue weighted by Crippen LogP contribution is 2.28. The molecule has 1 aliphatic rings. The average molecular weight is 522 g/mol. The number of hydrogen-bond acceptors (Lipinski definition) is 5. The lowest BCUT2D eigenvalue weighted by atomic mass is 10.1. The third-order valence-corrected chi connectivity index (χ3v) is 6.21. The Labute approximate surface area is 191 Å². The fourth-order valence-electron chi connectivity index (χ4n) is 3.05. The molecule has 0 unspecified atom stereocenters. The zero-order valence-electron chi connectivity index (χ0n) is 17.9. The van der Waals surface area contributed by atoms with Crippen LogP contribution in [0.2, 0.25) is 0 Å². The van der Waals surface area contributed by atoms with Gasteiger partial charge in [-0.3, -0.25) is 9.89 Å². The number of nitrogens with zero attached hydrogens (tertiary/aromatic N) is 3. The minimum atomic E-state index is 0. The summed E-state index contributed by atoms with van der Waals surface area (Å²) in [7, 11) is 5.21. The van der Waals surface area contributed by atoms with Gasteiger partial charge in [-0.05, 0) is 37.8 Å². The van der Waals surface area contributed by atoms with Gasteiger partial charge in [0.15, 0.2) is 17.5 Å². The van der Waals surface area contributed by atoms with E-state index in [2.05, 4.69) is 52.3 Å². The van der Waals surface area contributed by atoms with Gasteiger partial charge in [0.1, 0.15) is 0 Å². The van der Waals surface area contributed by atoms with Gasteiger partial charge in [0.2, 0.25) is 0 Å². The highest BCUT2D eigenvalue weighted by Gasteiger charge is 2.22. The molecule has 2 rings (SSSR count). The first kappa shape index (κ1) is 25.2. The smallest absolute Gasteiger partial charge is 0.193 e. The van der Waals surface area contributed by atoms with Crippen LogP contribution in [0.4, 0.5) is 0 Å².